The van der Waals surface area contributed by atoms with Crippen LogP contribution < -0.4 is 28.3 Å². The van der Waals surface area contributed by atoms with E-state index in [1.165, 1.54) is 11.3 Å². The van der Waals surface area contributed by atoms with E-state index in [-0.39, 0.29) is 114 Å². The monoisotopic (exact) mass is 1760 g/mol. The molecule has 0 atom stereocenters. The third-order valence-corrected chi connectivity index (χ3v) is 18.9. The van der Waals surface area contributed by atoms with Gasteiger partial charge in [0.15, 0.2) is 5.13 Å². The Kier molecular flexibility index (Phi) is 54.6. The van der Waals surface area contributed by atoms with Crippen molar-refractivity contribution in [2.45, 2.75) is 331 Å². The van der Waals surface area contributed by atoms with Gasteiger partial charge in [-0.15, -0.1) is 11.3 Å². The van der Waals surface area contributed by atoms with Crippen molar-refractivity contribution in [1.29, 1.82) is 0 Å². The van der Waals surface area contributed by atoms with Crippen LogP contribution in [0, 0.1) is 59.6 Å². The van der Waals surface area contributed by atoms with E-state index in [1.807, 2.05) is 243 Å². The number of hydrogen-bond donors (Lipinski definition) is 9. The number of carbonyl (C=O) groups excluding carboxylic acids is 10. The molecular weight excluding hydrogens is 1600 g/mol. The number of nitrogens with two attached hydrogens (primary N) is 4. The van der Waals surface area contributed by atoms with E-state index < -0.39 is 46.4 Å². The first-order valence-corrected chi connectivity index (χ1v) is 43.0. The van der Waals surface area contributed by atoms with Gasteiger partial charge in [0.1, 0.15) is 57.7 Å². The number of hydrogen-bond acceptors (Lipinski definition) is 21. The number of ether oxygens (including phenoxy) is 1. The highest BCUT2D eigenvalue weighted by Gasteiger charge is 2.33. The summed E-state index contributed by atoms with van der Waals surface area (Å²) in [5.74, 6) is -1.70. The topological polar surface area (TPSA) is 458 Å². The number of ketones is 9. The van der Waals surface area contributed by atoms with E-state index in [0.717, 1.165) is 39.1 Å². The Morgan fingerprint density at radius 3 is 1.02 bits per heavy atom. The molecule has 0 unspecified atom stereocenters. The molecule has 0 aliphatic heterocycles. The van der Waals surface area contributed by atoms with Crippen molar-refractivity contribution in [3.8, 4) is 0 Å². The zero-order valence-electron chi connectivity index (χ0n) is 82.1. The second-order valence-corrected chi connectivity index (χ2v) is 43.8. The van der Waals surface area contributed by atoms with Gasteiger partial charge in [0.05, 0.1) is 24.7 Å². The highest BCUT2D eigenvalue weighted by molar-refractivity contribution is 7.15. The van der Waals surface area contributed by atoms with Crippen LogP contribution in [-0.2, 0) is 106 Å². The van der Waals surface area contributed by atoms with Crippen LogP contribution in [0.5, 0.6) is 0 Å². The molecule has 1 aromatic heterocycles. The van der Waals surface area contributed by atoms with Gasteiger partial charge in [-0.3, -0.25) is 62.3 Å². The molecule has 3 aromatic carbocycles. The van der Waals surface area contributed by atoms with Gasteiger partial charge in [-0.25, -0.2) is 9.78 Å². The number of nitrogens with one attached hydrogen (secondary N) is 1. The van der Waals surface area contributed by atoms with Crippen molar-refractivity contribution < 1.29 is 92.3 Å². The number of Topliss-reactive ketones (excluding diaryl/α,β-unsaturated/α-hetero) is 9. The van der Waals surface area contributed by atoms with Crippen LogP contribution in [-0.4, -0.2) is 133 Å². The molecule has 13 N–H and O–H groups in total. The van der Waals surface area contributed by atoms with E-state index in [4.69, 9.17) is 48.1 Å². The van der Waals surface area contributed by atoms with Crippen molar-refractivity contribution >= 4 is 104 Å². The fraction of sp³-hybridized carbons (Fsp3) is 0.643. The minimum Gasteiger partial charge on any atom is -0.481 e. The third kappa shape index (κ3) is 64.7. The van der Waals surface area contributed by atoms with E-state index in [1.54, 1.807) is 71.1 Å². The van der Waals surface area contributed by atoms with Crippen LogP contribution in [0.2, 0.25) is 0 Å². The first kappa shape index (κ1) is 124. The SMILES string of the molecule is CC(C)(C)C(=O)CCC(C)(C)C(=O)O.CC(C)(C)C(=O)CCCN.CC(C)(C)C(=O)CCN.CC(C)(C)C(=O)Cc1ccc(CC(=O)O)cc1.CC(C)(C)C(=O)Cc1cccc(CC(=O)O)c1.CC(C)(C)C(=O)Cc1cccc(N)c1.CC(C)(C)C(=O)Cc1cnc(N)s1.CC(C)(C)OC(=O)NCCC(=O)C(C)(C)C.CC(C)(CC(=O)O)CC(=O)C(C)(C)C. The predicted octanol–water partition coefficient (Wildman–Crippen LogP) is 19.0. The average molecular weight is 1760 g/mol. The van der Waals surface area contributed by atoms with Gasteiger partial charge in [0.2, 0.25) is 0 Å². The number of aromatic nitrogens is 1. The fourth-order valence-corrected chi connectivity index (χ4v) is 9.73. The maximum absolute atomic E-state index is 11.9. The summed E-state index contributed by atoms with van der Waals surface area (Å²) >= 11 is 1.38. The Morgan fingerprint density at radius 2 is 0.694 bits per heavy atom. The summed E-state index contributed by atoms with van der Waals surface area (Å²) in [6.07, 6.45) is 6.26. The largest absolute Gasteiger partial charge is 0.481 e. The zero-order valence-corrected chi connectivity index (χ0v) is 82.9. The highest BCUT2D eigenvalue weighted by Crippen LogP contribution is 2.32. The predicted molar refractivity (Wildman–Crippen MR) is 500 cm³/mol. The fourth-order valence-electron chi connectivity index (χ4n) is 9.05. The summed E-state index contributed by atoms with van der Waals surface area (Å²) in [4.78, 5) is 162. The Labute approximate surface area is 747 Å². The molecule has 0 radical (unpaired) electrons. The number of anilines is 2. The Bertz CT molecular complexity index is 4040. The lowest BCUT2D eigenvalue weighted by atomic mass is 9.77. The van der Waals surface area contributed by atoms with Crippen LogP contribution in [0.1, 0.15) is 319 Å². The minimum absolute atomic E-state index is 0.00243. The Hall–Kier alpha value is -9.01. The molecule has 26 heteroatoms. The minimum atomic E-state index is -0.857. The van der Waals surface area contributed by atoms with Gasteiger partial charge in [0, 0.05) is 130 Å². The van der Waals surface area contributed by atoms with E-state index >= 15 is 0 Å². The molecule has 4 rings (SSSR count). The summed E-state index contributed by atoms with van der Waals surface area (Å²) in [5.41, 5.74) is 22.1. The van der Waals surface area contributed by atoms with Gasteiger partial charge < -0.3 is 53.4 Å². The van der Waals surface area contributed by atoms with Crippen molar-refractivity contribution in [3.63, 3.8) is 0 Å². The zero-order chi connectivity index (χ0) is 98.7. The summed E-state index contributed by atoms with van der Waals surface area (Å²) < 4.78 is 5.04. The molecule has 1 amide bonds. The van der Waals surface area contributed by atoms with E-state index in [2.05, 4.69) is 10.3 Å². The number of carbonyl (C=O) groups is 14. The molecule has 0 aliphatic rings. The number of amides is 1. The van der Waals surface area contributed by atoms with Crippen LogP contribution in [0.15, 0.2) is 79.0 Å². The molecule has 0 saturated heterocycles. The molecule has 1 heterocycles. The lowest BCUT2D eigenvalue weighted by molar-refractivity contribution is -0.148. The number of nitrogen functional groups attached to an aromatic ring is 2. The smallest absolute Gasteiger partial charge is 0.407 e. The number of aliphatic carboxylic acids is 4. The first-order valence-electron chi connectivity index (χ1n) is 42.2. The van der Waals surface area contributed by atoms with Crippen molar-refractivity contribution in [2.75, 3.05) is 31.1 Å². The molecule has 0 bridgehead atoms. The number of carboxylic acid groups (broad SMARTS) is 4. The molecule has 4 aromatic rings. The van der Waals surface area contributed by atoms with Gasteiger partial charge in [0.25, 0.3) is 0 Å². The second kappa shape index (κ2) is 54.8. The van der Waals surface area contributed by atoms with Crippen LogP contribution >= 0.6 is 11.3 Å². The number of rotatable bonds is 28. The van der Waals surface area contributed by atoms with E-state index in [9.17, 15) is 67.1 Å². The molecule has 0 spiro atoms. The standard InChI is InChI=1S/2C14H18O3.C12H23NO3.C12H17NO.2C11H20O3.C9H14N2OS.C8H17NO.C7H15NO/c1-14(2,3)12(15)8-10-4-6-11(7-5-10)9-13(16)17;1-14(2,3)12(15)8-10-5-4-6-11(7-10)9-13(16)17;1-11(2,3)9(14)7-8-13-10(15)16-12(4,5)6;1-12(2,3)11(14)8-9-5-4-6-10(13)7-9;1-10(2,3)8(12)6-11(4,5)7-9(13)14;1-10(2,3)8(12)6-7-11(4,5)9(13)14;1-9(2,3)7(12)4-6-5-11-8(10)13-6;1-8(2,3)7(10)5-4-6-9;1-7(2,3)6(9)4-5-8/h2*4-7H,8-9H2,1-3H3,(H,16,17);7-8H2,1-6H3,(H,13,15);4-7H,8,13H2,1-3H3;2*6-7H2,1-5H3,(H,13,14);5H,4H2,1-3H3,(H2,10,11);4-6,9H2,1-3H3;4-5,8H2,1-3H3. The number of carboxylic acids is 4. The summed E-state index contributed by atoms with van der Waals surface area (Å²) in [5, 5.41) is 37.9. The van der Waals surface area contributed by atoms with Gasteiger partial charge in [-0.2, -0.15) is 0 Å². The normalized spacial score (nSPS) is 11.8. The summed E-state index contributed by atoms with van der Waals surface area (Å²) in [6, 6.07) is 21.9. The highest BCUT2D eigenvalue weighted by atomic mass is 32.1. The van der Waals surface area contributed by atoms with Crippen molar-refractivity contribution in [3.05, 3.63) is 112 Å². The molecule has 704 valence electrons. The summed E-state index contributed by atoms with van der Waals surface area (Å²) in [6.45, 7) is 64.8. The van der Waals surface area contributed by atoms with Gasteiger partial charge in [-0.1, -0.05) is 261 Å². The lowest BCUT2D eigenvalue weighted by Crippen LogP contribution is -2.34. The molecule has 0 aliphatic carbocycles. The van der Waals surface area contributed by atoms with Gasteiger partial charge in [-0.05, 0) is 106 Å². The average Bonchev–Trinajstić information content (AvgIpc) is 1.37. The van der Waals surface area contributed by atoms with E-state index in [0.29, 0.717) is 100 Å². The quantitative estimate of drug-likeness (QED) is 0.0238. The molecular formula is C98H162N6O19S. The number of benzene rings is 3. The molecule has 0 saturated carbocycles. The first-order chi connectivity index (χ1) is 55.5. The van der Waals surface area contributed by atoms with Crippen molar-refractivity contribution in [1.82, 2.24) is 10.3 Å². The number of nitrogens with zero attached hydrogens (tertiary/aromatic N) is 1. The maximum atomic E-state index is 11.9. The lowest BCUT2D eigenvalue weighted by Gasteiger charge is -2.26. The van der Waals surface area contributed by atoms with Crippen LogP contribution in [0.25, 0.3) is 0 Å². The van der Waals surface area contributed by atoms with Crippen LogP contribution in [0.3, 0.4) is 0 Å². The molecule has 0 fully saturated rings. The van der Waals surface area contributed by atoms with Crippen molar-refractivity contribution in [2.24, 2.45) is 71.0 Å². The number of alkyl carbamates (subject to hydrolysis) is 1. The van der Waals surface area contributed by atoms with Gasteiger partial charge >= 0.3 is 30.0 Å². The van der Waals surface area contributed by atoms with Crippen LogP contribution in [0.4, 0.5) is 15.6 Å². The Balaban J connectivity index is -0.000000431. The number of thiazole rings is 1. The Morgan fingerprint density at radius 1 is 0.363 bits per heavy atom. The molecule has 124 heavy (non-hydrogen) atoms. The third-order valence-electron chi connectivity index (χ3n) is 18.0. The second-order valence-electron chi connectivity index (χ2n) is 42.7. The maximum Gasteiger partial charge on any atom is 0.407 e. The summed E-state index contributed by atoms with van der Waals surface area (Å²) in [7, 11) is 0. The molecule has 25 nitrogen and oxygen atoms in total.